The first-order valence-corrected chi connectivity index (χ1v) is 18.1. The van der Waals surface area contributed by atoms with Gasteiger partial charge in [0.2, 0.25) is 11.7 Å². The Labute approximate surface area is 260 Å². The summed E-state index contributed by atoms with van der Waals surface area (Å²) in [6, 6.07) is 12.6. The van der Waals surface area contributed by atoms with E-state index in [0.717, 1.165) is 30.4 Å². The largest absolute Gasteiger partial charge is 0.489 e. The molecule has 1 atom stereocenters. The number of Topliss-reactive ketones (excluding diaryl/α,β-unsaturated/α-hetero) is 1. The minimum atomic E-state index is -4.30. The molecule has 2 aromatic carbocycles. The van der Waals surface area contributed by atoms with Crippen LogP contribution in [0, 0.1) is 13.8 Å². The molecule has 4 N–H and O–H groups in total. The molecule has 0 aromatic heterocycles. The van der Waals surface area contributed by atoms with Gasteiger partial charge in [-0.05, 0) is 49.9 Å². The maximum absolute atomic E-state index is 12.8. The fourth-order valence-corrected chi connectivity index (χ4v) is 6.05. The molecule has 7 nitrogen and oxygen atoms in total. The maximum Gasteiger partial charge on any atom is 0.411 e. The topological polar surface area (TPSA) is 116 Å². The predicted molar refractivity (Wildman–Crippen MR) is 176 cm³/mol. The van der Waals surface area contributed by atoms with Crippen LogP contribution < -0.4 is 10.1 Å². The van der Waals surface area contributed by atoms with Crippen molar-refractivity contribution in [3.63, 3.8) is 0 Å². The lowest BCUT2D eigenvalue weighted by Gasteiger charge is -2.18. The van der Waals surface area contributed by atoms with E-state index in [1.807, 2.05) is 24.3 Å². The Morgan fingerprint density at radius 2 is 1.26 bits per heavy atom. The van der Waals surface area contributed by atoms with Crippen molar-refractivity contribution < 1.29 is 29.0 Å². The van der Waals surface area contributed by atoms with Crippen LogP contribution in [0.25, 0.3) is 0 Å². The van der Waals surface area contributed by atoms with E-state index in [9.17, 15) is 24.3 Å². The maximum atomic E-state index is 12.8. The zero-order valence-electron chi connectivity index (χ0n) is 26.7. The average molecular weight is 617 g/mol. The molecule has 1 amide bonds. The lowest BCUT2D eigenvalue weighted by Crippen LogP contribution is -2.43. The van der Waals surface area contributed by atoms with E-state index in [0.29, 0.717) is 18.8 Å². The van der Waals surface area contributed by atoms with Crippen LogP contribution in [0.4, 0.5) is 0 Å². The summed E-state index contributed by atoms with van der Waals surface area (Å²) >= 11 is 0. The van der Waals surface area contributed by atoms with E-state index in [1.165, 1.54) is 75.3 Å². The summed E-state index contributed by atoms with van der Waals surface area (Å²) in [5, 5.41) is 2.77. The van der Waals surface area contributed by atoms with Gasteiger partial charge in [-0.25, -0.2) is 0 Å². The van der Waals surface area contributed by atoms with Crippen molar-refractivity contribution in [1.82, 2.24) is 5.32 Å². The highest BCUT2D eigenvalue weighted by Crippen LogP contribution is 2.44. The zero-order chi connectivity index (χ0) is 31.5. The number of benzene rings is 2. The molecule has 0 aliphatic carbocycles. The Kier molecular flexibility index (Phi) is 17.7. The summed E-state index contributed by atoms with van der Waals surface area (Å²) in [6.45, 7) is 6.79. The minimum absolute atomic E-state index is 0.181. The molecule has 0 radical (unpaired) electrons. The smallest absolute Gasteiger partial charge is 0.411 e. The van der Waals surface area contributed by atoms with Crippen molar-refractivity contribution in [1.29, 1.82) is 0 Å². The van der Waals surface area contributed by atoms with Crippen molar-refractivity contribution in [2.75, 3.05) is 6.16 Å². The van der Waals surface area contributed by atoms with E-state index in [1.54, 1.807) is 0 Å². The molecule has 0 aliphatic heterocycles. The second kappa shape index (κ2) is 20.6. The molecule has 0 spiro atoms. The summed E-state index contributed by atoms with van der Waals surface area (Å²) in [4.78, 5) is 53.9. The highest BCUT2D eigenvalue weighted by Gasteiger charge is 2.37. The van der Waals surface area contributed by atoms with Crippen LogP contribution in [-0.2, 0) is 22.6 Å². The lowest BCUT2D eigenvalue weighted by atomic mass is 10.0. The lowest BCUT2D eigenvalue weighted by molar-refractivity contribution is -0.126. The molecule has 8 heteroatoms. The molecular weight excluding hydrogens is 561 g/mol. The van der Waals surface area contributed by atoms with E-state index < -0.39 is 25.9 Å². The first-order valence-electron chi connectivity index (χ1n) is 16.2. The van der Waals surface area contributed by atoms with Crippen molar-refractivity contribution in [3.8, 4) is 5.75 Å². The zero-order valence-corrected chi connectivity index (χ0v) is 27.5. The number of unbranched alkanes of at least 4 members (excludes halogenated alkanes) is 12. The van der Waals surface area contributed by atoms with Gasteiger partial charge in [-0.2, -0.15) is 14.7 Å². The van der Waals surface area contributed by atoms with E-state index in [-0.39, 0.29) is 12.3 Å². The number of hydrogen-bond acceptors (Lipinski definition) is 6. The van der Waals surface area contributed by atoms with Gasteiger partial charge in [0.05, 0.1) is 6.04 Å². The van der Waals surface area contributed by atoms with Gasteiger partial charge in [0.25, 0.3) is 0 Å². The van der Waals surface area contributed by atoms with Gasteiger partial charge in [-0.15, -0.1) is 0 Å². The van der Waals surface area contributed by atoms with Crippen molar-refractivity contribution in [2.45, 2.75) is 130 Å². The molecule has 0 saturated carbocycles. The number of hydrogen-bond donors (Lipinski definition) is 4. The molecule has 0 saturated heterocycles. The Balaban J connectivity index is 1.75. The third kappa shape index (κ3) is 17.5. The number of amides is 1. The van der Waals surface area contributed by atoms with Crippen LogP contribution in [-0.4, -0.2) is 38.6 Å². The molecule has 2 aromatic rings. The predicted octanol–water partition coefficient (Wildman–Crippen LogP) is 7.70. The van der Waals surface area contributed by atoms with E-state index in [2.05, 4.69) is 44.3 Å². The third-order valence-corrected chi connectivity index (χ3v) is 8.39. The first-order chi connectivity index (χ1) is 20.6. The highest BCUT2D eigenvalue weighted by molar-refractivity contribution is 7.59. The summed E-state index contributed by atoms with van der Waals surface area (Å²) in [7, 11) is -4.30. The van der Waals surface area contributed by atoms with Gasteiger partial charge < -0.3 is 10.1 Å². The summed E-state index contributed by atoms with van der Waals surface area (Å²) in [5.74, 6) is -0.162. The molecule has 0 fully saturated rings. The van der Waals surface area contributed by atoms with Gasteiger partial charge in [-0.1, -0.05) is 125 Å². The number of carbonyl (C=O) groups excluding carboxylic acids is 2. The fourth-order valence-electron chi connectivity index (χ4n) is 5.41. The number of ether oxygens (including phenoxy) is 1. The first kappa shape index (κ1) is 36.9. The van der Waals surface area contributed by atoms with Crippen LogP contribution in [0.15, 0.2) is 42.5 Å². The number of aryl methyl sites for hydroxylation is 2. The van der Waals surface area contributed by atoms with Crippen molar-refractivity contribution in [3.05, 3.63) is 64.7 Å². The Morgan fingerprint density at radius 3 is 1.77 bits per heavy atom. The van der Waals surface area contributed by atoms with Gasteiger partial charge in [0, 0.05) is 6.42 Å². The minimum Gasteiger partial charge on any atom is -0.489 e. The van der Waals surface area contributed by atoms with Crippen LogP contribution >= 0.6 is 7.94 Å². The van der Waals surface area contributed by atoms with Gasteiger partial charge >= 0.3 is 7.94 Å². The number of ketones is 1. The molecule has 0 heterocycles. The number of rotatable bonds is 23. The second-order valence-corrected chi connectivity index (χ2v) is 13.8. The molecular formula is C35H55NO6P+. The summed E-state index contributed by atoms with van der Waals surface area (Å²) < 4.78 is 5.92. The molecule has 0 unspecified atom stereocenters. The molecule has 0 aliphatic rings. The standard InChI is InChI=1S/C35H54NO6P/c1-4-5-6-7-8-9-10-11-12-13-14-15-16-17-35(38)36-33(34(37)27-43(39,40)41)25-30-18-20-32(21-19-30)42-26-31-23-28(2)22-29(3)24-31/h18-24,33,39-41H,4-17,25-27H2,1-3H3/p+1/t33-/m0/s1. The normalized spacial score (nSPS) is 12.2. The fraction of sp³-hybridized carbons (Fsp3) is 0.600. The molecule has 0 bridgehead atoms. The molecule has 43 heavy (non-hydrogen) atoms. The third-order valence-electron chi connectivity index (χ3n) is 7.65. The Morgan fingerprint density at radius 1 is 0.744 bits per heavy atom. The summed E-state index contributed by atoms with van der Waals surface area (Å²) in [6.07, 6.45) is 15.6. The monoisotopic (exact) mass is 616 g/mol. The van der Waals surface area contributed by atoms with Crippen LogP contribution in [0.3, 0.4) is 0 Å². The summed E-state index contributed by atoms with van der Waals surface area (Å²) in [5.41, 5.74) is 4.24. The van der Waals surface area contributed by atoms with Crippen LogP contribution in [0.1, 0.15) is 119 Å². The van der Waals surface area contributed by atoms with E-state index >= 15 is 0 Å². The van der Waals surface area contributed by atoms with Gasteiger partial charge in [-0.3, -0.25) is 9.59 Å². The number of carbonyl (C=O) groups is 2. The van der Waals surface area contributed by atoms with Gasteiger partial charge in [0.15, 0.2) is 6.16 Å². The number of nitrogens with one attached hydrogen (secondary N) is 1. The highest BCUT2D eigenvalue weighted by atomic mass is 31.2. The SMILES string of the molecule is CCCCCCCCCCCCCCCC(=O)N[C@@H](Cc1ccc(OCc2cc(C)cc(C)c2)cc1)C(=O)C[P+](O)(O)O. The van der Waals surface area contributed by atoms with Crippen LogP contribution in [0.2, 0.25) is 0 Å². The van der Waals surface area contributed by atoms with Crippen molar-refractivity contribution in [2.24, 2.45) is 0 Å². The van der Waals surface area contributed by atoms with Crippen molar-refractivity contribution >= 4 is 19.6 Å². The quantitative estimate of drug-likeness (QED) is 0.0751. The van der Waals surface area contributed by atoms with Crippen LogP contribution in [0.5, 0.6) is 5.75 Å². The average Bonchev–Trinajstić information content (AvgIpc) is 2.93. The molecule has 240 valence electrons. The second-order valence-electron chi connectivity index (χ2n) is 12.1. The van der Waals surface area contributed by atoms with Gasteiger partial charge in [0.1, 0.15) is 12.4 Å². The Bertz CT molecular complexity index is 1060. The molecule has 2 rings (SSSR count). The van der Waals surface area contributed by atoms with E-state index in [4.69, 9.17) is 4.74 Å². The Hall–Kier alpha value is -2.31.